The summed E-state index contributed by atoms with van der Waals surface area (Å²) in [5, 5.41) is 14.5. The predicted octanol–water partition coefficient (Wildman–Crippen LogP) is 2.53. The topological polar surface area (TPSA) is 91.3 Å². The Bertz CT molecular complexity index is 606. The van der Waals surface area contributed by atoms with E-state index in [0.717, 1.165) is 10.2 Å². The van der Waals surface area contributed by atoms with Crippen molar-refractivity contribution in [2.24, 2.45) is 5.92 Å². The lowest BCUT2D eigenvalue weighted by molar-refractivity contribution is -0.140. The number of amides is 2. The van der Waals surface area contributed by atoms with Crippen molar-refractivity contribution in [3.8, 4) is 0 Å². The predicted molar refractivity (Wildman–Crippen MR) is 78.0 cm³/mol. The molecular weight excluding hydrogens is 278 g/mol. The number of carboxylic acids is 1. The number of nitrogens with one attached hydrogen (secondary N) is 2. The summed E-state index contributed by atoms with van der Waals surface area (Å²) in [6.07, 6.45) is 0. The molecule has 1 unspecified atom stereocenters. The number of benzene rings is 1. The molecule has 0 radical (unpaired) electrons. The van der Waals surface area contributed by atoms with Gasteiger partial charge in [-0.05, 0) is 18.1 Å². The minimum atomic E-state index is -1.06. The van der Waals surface area contributed by atoms with Crippen LogP contribution in [0.3, 0.4) is 0 Å². The van der Waals surface area contributed by atoms with Crippen LogP contribution in [-0.4, -0.2) is 28.1 Å². The number of aliphatic carboxylic acids is 1. The van der Waals surface area contributed by atoms with Gasteiger partial charge in [0.05, 0.1) is 10.2 Å². The quantitative estimate of drug-likeness (QED) is 0.807. The molecule has 2 amide bonds. The molecule has 2 aromatic rings. The number of thiazole rings is 1. The number of para-hydroxylation sites is 1. The number of nitrogens with zero attached hydrogens (tertiary/aromatic N) is 1. The first-order valence-corrected chi connectivity index (χ1v) is 6.95. The van der Waals surface area contributed by atoms with Gasteiger partial charge >= 0.3 is 12.0 Å². The van der Waals surface area contributed by atoms with Crippen LogP contribution in [0.2, 0.25) is 0 Å². The number of urea groups is 1. The normalized spacial score (nSPS) is 12.3. The van der Waals surface area contributed by atoms with Gasteiger partial charge < -0.3 is 10.4 Å². The Kier molecular flexibility index (Phi) is 4.19. The minimum Gasteiger partial charge on any atom is -0.480 e. The van der Waals surface area contributed by atoms with E-state index in [1.54, 1.807) is 13.8 Å². The van der Waals surface area contributed by atoms with Gasteiger partial charge in [0, 0.05) is 0 Å². The first-order chi connectivity index (χ1) is 9.47. The van der Waals surface area contributed by atoms with Crippen molar-refractivity contribution in [3.05, 3.63) is 24.3 Å². The summed E-state index contributed by atoms with van der Waals surface area (Å²) in [7, 11) is 0. The van der Waals surface area contributed by atoms with Crippen LogP contribution in [0.15, 0.2) is 24.3 Å². The van der Waals surface area contributed by atoms with E-state index in [-0.39, 0.29) is 5.92 Å². The summed E-state index contributed by atoms with van der Waals surface area (Å²) in [5.41, 5.74) is 0.798. The molecular formula is C13H15N3O3S. The SMILES string of the molecule is CC(C)C(NC(=O)Nc1nc2ccccc2s1)C(=O)O. The number of rotatable bonds is 4. The number of anilines is 1. The van der Waals surface area contributed by atoms with Gasteiger partial charge in [0.2, 0.25) is 0 Å². The van der Waals surface area contributed by atoms with Gasteiger partial charge in [-0.3, -0.25) is 5.32 Å². The maximum Gasteiger partial charge on any atom is 0.326 e. The Morgan fingerprint density at radius 1 is 1.30 bits per heavy atom. The van der Waals surface area contributed by atoms with E-state index in [2.05, 4.69) is 15.6 Å². The lowest BCUT2D eigenvalue weighted by Gasteiger charge is -2.17. The zero-order valence-corrected chi connectivity index (χ0v) is 11.9. The fourth-order valence-electron chi connectivity index (χ4n) is 1.71. The van der Waals surface area contributed by atoms with Gasteiger partial charge in [0.25, 0.3) is 0 Å². The van der Waals surface area contributed by atoms with E-state index in [1.165, 1.54) is 11.3 Å². The minimum absolute atomic E-state index is 0.200. The van der Waals surface area contributed by atoms with Crippen molar-refractivity contribution in [2.45, 2.75) is 19.9 Å². The van der Waals surface area contributed by atoms with Crippen LogP contribution < -0.4 is 10.6 Å². The Balaban J connectivity index is 2.05. The molecule has 106 valence electrons. The third kappa shape index (κ3) is 3.24. The van der Waals surface area contributed by atoms with E-state index in [0.29, 0.717) is 5.13 Å². The molecule has 20 heavy (non-hydrogen) atoms. The summed E-state index contributed by atoms with van der Waals surface area (Å²) >= 11 is 1.34. The van der Waals surface area contributed by atoms with Crippen molar-refractivity contribution in [2.75, 3.05) is 5.32 Å². The first-order valence-electron chi connectivity index (χ1n) is 6.13. The van der Waals surface area contributed by atoms with Gasteiger partial charge in [-0.25, -0.2) is 14.6 Å². The van der Waals surface area contributed by atoms with Crippen LogP contribution >= 0.6 is 11.3 Å². The highest BCUT2D eigenvalue weighted by atomic mass is 32.1. The maximum atomic E-state index is 11.8. The average Bonchev–Trinajstić information content (AvgIpc) is 2.77. The number of carboxylic acid groups (broad SMARTS) is 1. The Hall–Kier alpha value is -2.15. The number of carbonyl (C=O) groups excluding carboxylic acids is 1. The molecule has 0 aliphatic carbocycles. The smallest absolute Gasteiger partial charge is 0.326 e. The summed E-state index contributed by atoms with van der Waals surface area (Å²) in [6.45, 7) is 3.47. The lowest BCUT2D eigenvalue weighted by Crippen LogP contribution is -2.46. The summed E-state index contributed by atoms with van der Waals surface area (Å²) < 4.78 is 0.960. The Labute approximate surface area is 119 Å². The molecule has 7 heteroatoms. The number of carbonyl (C=O) groups is 2. The molecule has 0 aliphatic heterocycles. The van der Waals surface area contributed by atoms with E-state index in [9.17, 15) is 9.59 Å². The van der Waals surface area contributed by atoms with Crippen LogP contribution in [0, 0.1) is 5.92 Å². The number of aromatic nitrogens is 1. The van der Waals surface area contributed by atoms with E-state index in [1.807, 2.05) is 24.3 Å². The standard InChI is InChI=1S/C13H15N3O3S/c1-7(2)10(11(17)18)15-12(19)16-13-14-8-5-3-4-6-9(8)20-13/h3-7,10H,1-2H3,(H,17,18)(H2,14,15,16,19). The van der Waals surface area contributed by atoms with Crippen molar-refractivity contribution in [3.63, 3.8) is 0 Å². The highest BCUT2D eigenvalue weighted by molar-refractivity contribution is 7.22. The van der Waals surface area contributed by atoms with Gasteiger partial charge in [-0.2, -0.15) is 0 Å². The molecule has 0 bridgehead atoms. The molecule has 1 aromatic heterocycles. The van der Waals surface area contributed by atoms with Gasteiger partial charge in [0.1, 0.15) is 6.04 Å². The third-order valence-electron chi connectivity index (χ3n) is 2.73. The fourth-order valence-corrected chi connectivity index (χ4v) is 2.57. The van der Waals surface area contributed by atoms with Crippen LogP contribution in [-0.2, 0) is 4.79 Å². The van der Waals surface area contributed by atoms with E-state index < -0.39 is 18.0 Å². The Morgan fingerprint density at radius 3 is 2.60 bits per heavy atom. The largest absolute Gasteiger partial charge is 0.480 e. The molecule has 0 saturated carbocycles. The molecule has 1 atom stereocenters. The van der Waals surface area contributed by atoms with Gasteiger partial charge in [-0.1, -0.05) is 37.3 Å². The Morgan fingerprint density at radius 2 is 2.00 bits per heavy atom. The lowest BCUT2D eigenvalue weighted by atomic mass is 10.1. The number of hydrogen-bond acceptors (Lipinski definition) is 4. The van der Waals surface area contributed by atoms with Gasteiger partial charge in [-0.15, -0.1) is 0 Å². The first kappa shape index (κ1) is 14.3. The second-order valence-corrected chi connectivity index (χ2v) is 5.68. The second kappa shape index (κ2) is 5.87. The molecule has 0 fully saturated rings. The second-order valence-electron chi connectivity index (χ2n) is 4.65. The van der Waals surface area contributed by atoms with Crippen molar-refractivity contribution in [1.29, 1.82) is 0 Å². The van der Waals surface area contributed by atoms with Gasteiger partial charge in [0.15, 0.2) is 5.13 Å². The molecule has 3 N–H and O–H groups in total. The highest BCUT2D eigenvalue weighted by Gasteiger charge is 2.23. The summed E-state index contributed by atoms with van der Waals surface area (Å²) in [4.78, 5) is 27.1. The summed E-state index contributed by atoms with van der Waals surface area (Å²) in [6, 6.07) is 6.02. The number of hydrogen-bond donors (Lipinski definition) is 3. The van der Waals surface area contributed by atoms with Crippen molar-refractivity contribution < 1.29 is 14.7 Å². The zero-order chi connectivity index (χ0) is 14.7. The molecule has 6 nitrogen and oxygen atoms in total. The van der Waals surface area contributed by atoms with Crippen LogP contribution in [0.25, 0.3) is 10.2 Å². The van der Waals surface area contributed by atoms with Crippen molar-refractivity contribution >= 4 is 38.7 Å². The molecule has 2 rings (SSSR count). The monoisotopic (exact) mass is 293 g/mol. The summed E-state index contributed by atoms with van der Waals surface area (Å²) in [5.74, 6) is -1.26. The fraction of sp³-hybridized carbons (Fsp3) is 0.308. The van der Waals surface area contributed by atoms with Crippen molar-refractivity contribution in [1.82, 2.24) is 10.3 Å². The maximum absolute atomic E-state index is 11.8. The van der Waals surface area contributed by atoms with Crippen LogP contribution in [0.4, 0.5) is 9.93 Å². The van der Waals surface area contributed by atoms with Crippen LogP contribution in [0.5, 0.6) is 0 Å². The molecule has 1 aromatic carbocycles. The zero-order valence-electron chi connectivity index (χ0n) is 11.1. The average molecular weight is 293 g/mol. The molecule has 1 heterocycles. The van der Waals surface area contributed by atoms with Crippen LogP contribution in [0.1, 0.15) is 13.8 Å². The molecule has 0 spiro atoms. The number of fused-ring (bicyclic) bond motifs is 1. The molecule has 0 aliphatic rings. The third-order valence-corrected chi connectivity index (χ3v) is 3.69. The molecule has 0 saturated heterocycles. The highest BCUT2D eigenvalue weighted by Crippen LogP contribution is 2.25. The van der Waals surface area contributed by atoms with E-state index in [4.69, 9.17) is 5.11 Å². The van der Waals surface area contributed by atoms with E-state index >= 15 is 0 Å².